The molecule has 0 aliphatic carbocycles. The summed E-state index contributed by atoms with van der Waals surface area (Å²) >= 11 is 5.70. The molecule has 0 spiro atoms. The number of hydrogen-bond acceptors (Lipinski definition) is 1. The lowest BCUT2D eigenvalue weighted by molar-refractivity contribution is 0.148. The third-order valence-corrected chi connectivity index (χ3v) is 2.17. The fourth-order valence-corrected chi connectivity index (χ4v) is 1.52. The highest BCUT2D eigenvalue weighted by atomic mass is 35.5. The van der Waals surface area contributed by atoms with E-state index < -0.39 is 11.4 Å². The van der Waals surface area contributed by atoms with E-state index in [1.165, 1.54) is 6.07 Å². The molecule has 0 atom stereocenters. The first-order chi connectivity index (χ1) is 6.48. The van der Waals surface area contributed by atoms with Gasteiger partial charge in [0.25, 0.3) is 0 Å². The van der Waals surface area contributed by atoms with Gasteiger partial charge in [0.1, 0.15) is 5.60 Å². The average Bonchev–Trinajstić information content (AvgIpc) is 2.06. The highest BCUT2D eigenvalue weighted by molar-refractivity contribution is 6.30. The number of ether oxygens (including phenoxy) is 1. The van der Waals surface area contributed by atoms with Crippen LogP contribution in [0.3, 0.4) is 0 Å². The van der Waals surface area contributed by atoms with Crippen molar-refractivity contribution < 1.29 is 9.13 Å². The maximum Gasteiger partial charge on any atom is 0.167 e. The van der Waals surface area contributed by atoms with E-state index in [2.05, 4.69) is 6.08 Å². The van der Waals surface area contributed by atoms with Crippen molar-refractivity contribution in [3.05, 3.63) is 40.7 Å². The van der Waals surface area contributed by atoms with Gasteiger partial charge in [0, 0.05) is 10.6 Å². The monoisotopic (exact) mass is 211 g/mol. The van der Waals surface area contributed by atoms with Crippen LogP contribution < -0.4 is 4.74 Å². The van der Waals surface area contributed by atoms with E-state index in [4.69, 9.17) is 16.3 Å². The minimum atomic E-state index is -0.512. The van der Waals surface area contributed by atoms with Crippen LogP contribution in [0.2, 0.25) is 5.02 Å². The van der Waals surface area contributed by atoms with Crippen molar-refractivity contribution in [2.24, 2.45) is 0 Å². The van der Waals surface area contributed by atoms with Gasteiger partial charge in [-0.2, -0.15) is 0 Å². The fourth-order valence-electron chi connectivity index (χ4n) is 1.32. The van der Waals surface area contributed by atoms with Crippen LogP contribution in [0, 0.1) is 11.9 Å². The van der Waals surface area contributed by atoms with E-state index >= 15 is 0 Å². The van der Waals surface area contributed by atoms with Crippen LogP contribution in [-0.4, -0.2) is 5.60 Å². The molecule has 1 nitrogen and oxygen atoms in total. The molecule has 3 heteroatoms. The van der Waals surface area contributed by atoms with Crippen LogP contribution in [0.1, 0.15) is 19.4 Å². The second-order valence-electron chi connectivity index (χ2n) is 3.76. The molecule has 1 aliphatic rings. The maximum absolute atomic E-state index is 13.4. The third-order valence-electron chi connectivity index (χ3n) is 1.95. The molecule has 1 radical (unpaired) electrons. The summed E-state index contributed by atoms with van der Waals surface area (Å²) in [6.07, 6.45) is 4.72. The first-order valence-corrected chi connectivity index (χ1v) is 4.65. The molecule has 2 rings (SSSR count). The molecule has 1 heterocycles. The molecule has 0 aromatic heterocycles. The Kier molecular flexibility index (Phi) is 2.04. The predicted octanol–water partition coefficient (Wildman–Crippen LogP) is 3.36. The van der Waals surface area contributed by atoms with Gasteiger partial charge in [-0.05, 0) is 38.1 Å². The smallest absolute Gasteiger partial charge is 0.167 e. The first kappa shape index (κ1) is 9.53. The van der Waals surface area contributed by atoms with Crippen molar-refractivity contribution >= 4 is 11.6 Å². The van der Waals surface area contributed by atoms with Crippen LogP contribution in [-0.2, 0) is 0 Å². The van der Waals surface area contributed by atoms with Crippen molar-refractivity contribution in [1.29, 1.82) is 0 Å². The van der Waals surface area contributed by atoms with E-state index in [1.807, 2.05) is 13.8 Å². The zero-order chi connectivity index (χ0) is 10.3. The molecular formula is C11H9ClFO. The molecule has 73 valence electrons. The van der Waals surface area contributed by atoms with Crippen molar-refractivity contribution in [3.8, 4) is 5.75 Å². The topological polar surface area (TPSA) is 9.23 Å². The predicted molar refractivity (Wildman–Crippen MR) is 53.0 cm³/mol. The van der Waals surface area contributed by atoms with Gasteiger partial charge in [-0.15, -0.1) is 0 Å². The van der Waals surface area contributed by atoms with Crippen molar-refractivity contribution in [2.45, 2.75) is 19.4 Å². The van der Waals surface area contributed by atoms with Crippen LogP contribution in [0.25, 0.3) is 0 Å². The number of hydrogen-bond donors (Lipinski definition) is 0. The molecular weight excluding hydrogens is 203 g/mol. The van der Waals surface area contributed by atoms with E-state index in [1.54, 1.807) is 12.1 Å². The Morgan fingerprint density at radius 3 is 2.86 bits per heavy atom. The Morgan fingerprint density at radius 2 is 2.14 bits per heavy atom. The lowest BCUT2D eigenvalue weighted by Crippen LogP contribution is -2.28. The van der Waals surface area contributed by atoms with Gasteiger partial charge in [-0.3, -0.25) is 0 Å². The highest BCUT2D eigenvalue weighted by Crippen LogP contribution is 2.33. The zero-order valence-corrected chi connectivity index (χ0v) is 8.65. The van der Waals surface area contributed by atoms with Crippen LogP contribution in [0.15, 0.2) is 18.2 Å². The molecule has 0 unspecified atom stereocenters. The highest BCUT2D eigenvalue weighted by Gasteiger charge is 2.24. The maximum atomic E-state index is 13.4. The van der Waals surface area contributed by atoms with Crippen LogP contribution >= 0.6 is 11.6 Å². The van der Waals surface area contributed by atoms with Gasteiger partial charge in [-0.25, -0.2) is 4.39 Å². The number of halogens is 2. The Morgan fingerprint density at radius 1 is 1.43 bits per heavy atom. The Hall–Kier alpha value is -1.02. The molecule has 1 aromatic carbocycles. The molecule has 14 heavy (non-hydrogen) atoms. The summed E-state index contributed by atoms with van der Waals surface area (Å²) in [5.41, 5.74) is 0.0520. The van der Waals surface area contributed by atoms with Gasteiger partial charge in [0.2, 0.25) is 0 Å². The van der Waals surface area contributed by atoms with Gasteiger partial charge in [-0.1, -0.05) is 11.6 Å². The van der Waals surface area contributed by atoms with E-state index in [-0.39, 0.29) is 5.75 Å². The molecule has 1 aromatic rings. The van der Waals surface area contributed by atoms with Crippen LogP contribution in [0.4, 0.5) is 4.39 Å². The molecule has 0 fully saturated rings. The van der Waals surface area contributed by atoms with Gasteiger partial charge >= 0.3 is 0 Å². The largest absolute Gasteiger partial charge is 0.480 e. The minimum Gasteiger partial charge on any atom is -0.480 e. The third kappa shape index (κ3) is 1.62. The summed E-state index contributed by atoms with van der Waals surface area (Å²) in [6.45, 7) is 3.69. The molecule has 1 aliphatic heterocycles. The molecule has 0 N–H and O–H groups in total. The Balaban J connectivity index is 2.56. The average molecular weight is 212 g/mol. The van der Waals surface area contributed by atoms with Crippen molar-refractivity contribution in [1.82, 2.24) is 0 Å². The van der Waals surface area contributed by atoms with E-state index in [0.29, 0.717) is 10.6 Å². The van der Waals surface area contributed by atoms with Crippen molar-refractivity contribution in [2.75, 3.05) is 0 Å². The van der Waals surface area contributed by atoms with Gasteiger partial charge in [0.15, 0.2) is 11.6 Å². The molecule has 0 amide bonds. The molecule has 0 saturated heterocycles. The first-order valence-electron chi connectivity index (χ1n) is 4.27. The number of rotatable bonds is 0. The summed E-state index contributed by atoms with van der Waals surface area (Å²) in [4.78, 5) is 0. The molecule has 0 bridgehead atoms. The minimum absolute atomic E-state index is 0.224. The second kappa shape index (κ2) is 2.99. The summed E-state index contributed by atoms with van der Waals surface area (Å²) in [5.74, 6) is -0.219. The Labute approximate surface area is 87.1 Å². The van der Waals surface area contributed by atoms with E-state index in [9.17, 15) is 4.39 Å². The summed E-state index contributed by atoms with van der Waals surface area (Å²) in [6, 6.07) is 2.87. The fraction of sp³-hybridized carbons (Fsp3) is 0.273. The second-order valence-corrected chi connectivity index (χ2v) is 4.19. The SMILES string of the molecule is CC1(C)C=[C]c2cc(Cl)cc(F)c2O1. The van der Waals surface area contributed by atoms with Gasteiger partial charge in [0.05, 0.1) is 0 Å². The van der Waals surface area contributed by atoms with Gasteiger partial charge < -0.3 is 4.74 Å². The number of benzene rings is 1. The normalized spacial score (nSPS) is 17.4. The quantitative estimate of drug-likeness (QED) is 0.640. The summed E-state index contributed by atoms with van der Waals surface area (Å²) in [7, 11) is 0. The van der Waals surface area contributed by atoms with Crippen LogP contribution in [0.5, 0.6) is 5.75 Å². The number of fused-ring (bicyclic) bond motifs is 1. The Bertz CT molecular complexity index is 410. The molecule has 0 saturated carbocycles. The lowest BCUT2D eigenvalue weighted by Gasteiger charge is -2.27. The van der Waals surface area contributed by atoms with Crippen molar-refractivity contribution in [3.63, 3.8) is 0 Å². The van der Waals surface area contributed by atoms with E-state index in [0.717, 1.165) is 0 Å². The zero-order valence-electron chi connectivity index (χ0n) is 7.90. The standard InChI is InChI=1S/C11H9ClFO/c1-11(2)4-3-7-5-8(12)6-9(13)10(7)14-11/h4-6H,1-2H3. The summed E-state index contributed by atoms with van der Waals surface area (Å²) in [5, 5.41) is 0.352. The lowest BCUT2D eigenvalue weighted by atomic mass is 10.0. The summed E-state index contributed by atoms with van der Waals surface area (Å²) < 4.78 is 18.9.